The van der Waals surface area contributed by atoms with Gasteiger partial charge >= 0.3 is 0 Å². The molecule has 0 atom stereocenters. The summed E-state index contributed by atoms with van der Waals surface area (Å²) in [6.45, 7) is 8.39. The lowest BCUT2D eigenvalue weighted by atomic mass is 9.88. The minimum atomic E-state index is 0.0963. The van der Waals surface area contributed by atoms with Crippen molar-refractivity contribution in [2.45, 2.75) is 77.6 Å². The van der Waals surface area contributed by atoms with Crippen LogP contribution in [0.5, 0.6) is 0 Å². The molecule has 0 saturated heterocycles. The zero-order valence-corrected chi connectivity index (χ0v) is 31.2. The van der Waals surface area contributed by atoms with Gasteiger partial charge in [0.2, 0.25) is 0 Å². The molecule has 0 unspecified atom stereocenters. The maximum atomic E-state index is 5.08. The van der Waals surface area contributed by atoms with Crippen LogP contribution in [0.25, 0.3) is 68.3 Å². The van der Waals surface area contributed by atoms with Gasteiger partial charge in [-0.25, -0.2) is 44.9 Å². The molecule has 268 valence electrons. The number of benzene rings is 4. The molecule has 9 heteroatoms. The smallest absolute Gasteiger partial charge is 0.163 e. The maximum Gasteiger partial charge on any atom is 0.163 e. The number of nitrogens with zero attached hydrogens (tertiary/aromatic N) is 9. The second-order valence-corrected chi connectivity index (χ2v) is 14.6. The van der Waals surface area contributed by atoms with Gasteiger partial charge in [-0.2, -0.15) is 0 Å². The molecule has 0 aliphatic heterocycles. The van der Waals surface area contributed by atoms with E-state index in [2.05, 4.69) is 52.0 Å². The molecule has 1 aliphatic carbocycles. The highest BCUT2D eigenvalue weighted by Crippen LogP contribution is 2.34. The Morgan fingerprint density at radius 1 is 0.370 bits per heavy atom. The van der Waals surface area contributed by atoms with Gasteiger partial charge in [0.25, 0.3) is 0 Å². The summed E-state index contributed by atoms with van der Waals surface area (Å²) in [5, 5.41) is 0. The van der Waals surface area contributed by atoms with E-state index in [0.29, 0.717) is 40.9 Å². The van der Waals surface area contributed by atoms with Crippen molar-refractivity contribution in [2.75, 3.05) is 0 Å². The molecule has 3 aromatic heterocycles. The van der Waals surface area contributed by atoms with Crippen LogP contribution >= 0.6 is 0 Å². The third-order valence-corrected chi connectivity index (χ3v) is 9.81. The topological polar surface area (TPSA) is 116 Å². The van der Waals surface area contributed by atoms with Gasteiger partial charge in [0.1, 0.15) is 17.5 Å². The Hall–Kier alpha value is -6.09. The molecule has 0 bridgehead atoms. The van der Waals surface area contributed by atoms with Crippen molar-refractivity contribution >= 4 is 0 Å². The monoisotopic (exact) mass is 709 g/mol. The van der Waals surface area contributed by atoms with Crippen molar-refractivity contribution in [3.8, 4) is 68.3 Å². The Balaban J connectivity index is 1.15. The van der Waals surface area contributed by atoms with E-state index in [1.54, 1.807) is 0 Å². The summed E-state index contributed by atoms with van der Waals surface area (Å²) in [7, 11) is 0. The molecule has 0 amide bonds. The summed E-state index contributed by atoms with van der Waals surface area (Å²) in [6.07, 6.45) is 5.89. The fourth-order valence-corrected chi connectivity index (χ4v) is 6.75. The van der Waals surface area contributed by atoms with E-state index in [-0.39, 0.29) is 11.8 Å². The van der Waals surface area contributed by atoms with Crippen LogP contribution in [0.15, 0.2) is 109 Å². The van der Waals surface area contributed by atoms with Crippen molar-refractivity contribution in [1.82, 2.24) is 44.9 Å². The molecule has 0 radical (unpaired) electrons. The Bertz CT molecular complexity index is 2370. The van der Waals surface area contributed by atoms with Gasteiger partial charge < -0.3 is 0 Å². The average molecular weight is 710 g/mol. The Labute approximate surface area is 316 Å². The van der Waals surface area contributed by atoms with Crippen LogP contribution < -0.4 is 0 Å². The zero-order valence-electron chi connectivity index (χ0n) is 31.2. The predicted molar refractivity (Wildman–Crippen MR) is 213 cm³/mol. The molecule has 1 fully saturated rings. The van der Waals surface area contributed by atoms with Crippen LogP contribution in [0, 0.1) is 0 Å². The normalized spacial score (nSPS) is 13.4. The largest absolute Gasteiger partial charge is 0.213 e. The minimum absolute atomic E-state index is 0.0963. The van der Waals surface area contributed by atoms with Crippen LogP contribution in [0.4, 0.5) is 0 Å². The van der Waals surface area contributed by atoms with Crippen LogP contribution in [-0.2, 0) is 0 Å². The number of rotatable bonds is 9. The Morgan fingerprint density at radius 2 is 0.722 bits per heavy atom. The Kier molecular flexibility index (Phi) is 10.0. The molecule has 1 aliphatic rings. The highest BCUT2D eigenvalue weighted by Gasteiger charge is 2.22. The third kappa shape index (κ3) is 7.67. The van der Waals surface area contributed by atoms with E-state index in [1.165, 1.54) is 19.3 Å². The minimum Gasteiger partial charge on any atom is -0.213 e. The van der Waals surface area contributed by atoms with Crippen LogP contribution in [0.1, 0.15) is 95.0 Å². The van der Waals surface area contributed by atoms with Gasteiger partial charge in [-0.1, -0.05) is 150 Å². The van der Waals surface area contributed by atoms with E-state index in [4.69, 9.17) is 44.9 Å². The van der Waals surface area contributed by atoms with Gasteiger partial charge in [0.05, 0.1) is 0 Å². The van der Waals surface area contributed by atoms with E-state index in [1.807, 2.05) is 84.9 Å². The van der Waals surface area contributed by atoms with Gasteiger partial charge in [-0.05, 0) is 18.9 Å². The van der Waals surface area contributed by atoms with E-state index >= 15 is 0 Å². The first-order valence-corrected chi connectivity index (χ1v) is 19.0. The second kappa shape index (κ2) is 15.5. The summed E-state index contributed by atoms with van der Waals surface area (Å²) < 4.78 is 0. The van der Waals surface area contributed by atoms with E-state index < -0.39 is 0 Å². The highest BCUT2D eigenvalue weighted by molar-refractivity contribution is 5.70. The molecular formula is C45H43N9. The summed E-state index contributed by atoms with van der Waals surface area (Å²) in [4.78, 5) is 44.4. The van der Waals surface area contributed by atoms with Crippen molar-refractivity contribution in [1.29, 1.82) is 0 Å². The first-order chi connectivity index (χ1) is 26.4. The highest BCUT2D eigenvalue weighted by atomic mass is 15.1. The van der Waals surface area contributed by atoms with Crippen LogP contribution in [-0.4, -0.2) is 44.9 Å². The Morgan fingerprint density at radius 3 is 1.15 bits per heavy atom. The molecule has 9 nitrogen and oxygen atoms in total. The first-order valence-electron chi connectivity index (χ1n) is 19.0. The van der Waals surface area contributed by atoms with Crippen LogP contribution in [0.3, 0.4) is 0 Å². The molecule has 54 heavy (non-hydrogen) atoms. The molecule has 7 aromatic rings. The average Bonchev–Trinajstić information content (AvgIpc) is 3.24. The molecule has 4 aromatic carbocycles. The quantitative estimate of drug-likeness (QED) is 0.144. The van der Waals surface area contributed by atoms with E-state index in [0.717, 1.165) is 63.7 Å². The predicted octanol–water partition coefficient (Wildman–Crippen LogP) is 10.5. The number of aromatic nitrogens is 9. The van der Waals surface area contributed by atoms with Gasteiger partial charge in [0, 0.05) is 51.1 Å². The van der Waals surface area contributed by atoms with Crippen molar-refractivity contribution < 1.29 is 0 Å². The zero-order chi connectivity index (χ0) is 37.0. The fourth-order valence-electron chi connectivity index (χ4n) is 6.75. The lowest BCUT2D eigenvalue weighted by Gasteiger charge is -2.21. The molecule has 0 N–H and O–H groups in total. The van der Waals surface area contributed by atoms with Crippen molar-refractivity contribution in [2.24, 2.45) is 0 Å². The molecular weight excluding hydrogens is 667 g/mol. The lowest BCUT2D eigenvalue weighted by molar-refractivity contribution is 0.428. The summed E-state index contributed by atoms with van der Waals surface area (Å²) >= 11 is 0. The first kappa shape index (κ1) is 35.0. The lowest BCUT2D eigenvalue weighted by Crippen LogP contribution is -2.11. The fraction of sp³-hybridized carbons (Fsp3) is 0.267. The van der Waals surface area contributed by atoms with Gasteiger partial charge in [0.15, 0.2) is 34.9 Å². The number of hydrogen-bond donors (Lipinski definition) is 0. The van der Waals surface area contributed by atoms with Crippen molar-refractivity contribution in [3.63, 3.8) is 0 Å². The summed E-state index contributed by atoms with van der Waals surface area (Å²) in [5.74, 6) is 6.82. The van der Waals surface area contributed by atoms with E-state index in [9.17, 15) is 0 Å². The van der Waals surface area contributed by atoms with Crippen LogP contribution in [0.2, 0.25) is 0 Å². The summed E-state index contributed by atoms with van der Waals surface area (Å²) in [6, 6.07) is 36.5. The van der Waals surface area contributed by atoms with Crippen molar-refractivity contribution in [3.05, 3.63) is 127 Å². The molecule has 1 saturated carbocycles. The second-order valence-electron chi connectivity index (χ2n) is 14.6. The molecule has 8 rings (SSSR count). The molecule has 3 heterocycles. The third-order valence-electron chi connectivity index (χ3n) is 9.81. The standard InChI is InChI=1S/C45H43N9/c1-28(2)37-46-39(30-15-8-5-9-16-30)50-42(47-37)33-23-25-34(26-24-33)43-48-38(29(3)4)49-44(54-43)35-21-14-22-36(27-35)45-52-40(31-17-10-6-11-18-31)51-41(53-45)32-19-12-7-13-20-32/h5-6,8-11,14-18,21-29,32H,7,12-13,19-20H2,1-4H3. The molecule has 0 spiro atoms. The SMILES string of the molecule is CC(C)c1nc(-c2ccccc2)nc(-c2ccc(-c3nc(-c4cccc(-c5nc(-c6ccccc6)nc(C6CCCCC6)n5)c4)nc(C(C)C)n3)cc2)n1. The van der Waals surface area contributed by atoms with Gasteiger partial charge in [-0.3, -0.25) is 0 Å². The number of hydrogen-bond acceptors (Lipinski definition) is 9. The van der Waals surface area contributed by atoms with Gasteiger partial charge in [-0.15, -0.1) is 0 Å². The maximum absolute atomic E-state index is 5.08. The summed E-state index contributed by atoms with van der Waals surface area (Å²) in [5.41, 5.74) is 5.48.